The molecule has 1 fully saturated rings. The van der Waals surface area contributed by atoms with Gasteiger partial charge in [-0.15, -0.1) is 0 Å². The van der Waals surface area contributed by atoms with E-state index in [9.17, 15) is 0 Å². The van der Waals surface area contributed by atoms with Crippen LogP contribution in [0, 0.1) is 13.8 Å². The predicted molar refractivity (Wildman–Crippen MR) is 106 cm³/mol. The van der Waals surface area contributed by atoms with Gasteiger partial charge in [-0.2, -0.15) is 0 Å². The molecule has 2 nitrogen and oxygen atoms in total. The Bertz CT molecular complexity index is 786. The molecule has 26 heavy (non-hydrogen) atoms. The van der Waals surface area contributed by atoms with E-state index >= 15 is 0 Å². The van der Waals surface area contributed by atoms with E-state index in [1.54, 1.807) is 0 Å². The highest BCUT2D eigenvalue weighted by Crippen LogP contribution is 2.44. The molecule has 0 amide bonds. The minimum absolute atomic E-state index is 0.226. The van der Waals surface area contributed by atoms with Gasteiger partial charge in [0.05, 0.1) is 0 Å². The fourth-order valence-corrected chi connectivity index (χ4v) is 3.90. The normalized spacial score (nSPS) is 22.9. The molecule has 0 radical (unpaired) electrons. The van der Waals surface area contributed by atoms with Crippen molar-refractivity contribution in [3.05, 3.63) is 101 Å². The molecule has 0 aliphatic carbocycles. The van der Waals surface area contributed by atoms with Gasteiger partial charge in [-0.3, -0.25) is 4.98 Å². The van der Waals surface area contributed by atoms with Crippen LogP contribution in [0.1, 0.15) is 58.8 Å². The minimum Gasteiger partial charge on any atom is -0.422 e. The monoisotopic (exact) mass is 344 g/mol. The Morgan fingerprint density at radius 1 is 0.654 bits per heavy atom. The summed E-state index contributed by atoms with van der Waals surface area (Å²) in [6, 6.07) is 22.1. The van der Waals surface area contributed by atoms with Gasteiger partial charge in [0.25, 0.3) is 0 Å². The maximum Gasteiger partial charge on any atom is 0.182 e. The summed E-state index contributed by atoms with van der Waals surface area (Å²) in [7, 11) is 0. The van der Waals surface area contributed by atoms with Crippen molar-refractivity contribution in [3.8, 4) is 0 Å². The lowest BCUT2D eigenvalue weighted by Gasteiger charge is -2.33. The summed E-state index contributed by atoms with van der Waals surface area (Å²) in [6.45, 7) is 4.28. The zero-order chi connectivity index (χ0) is 17.9. The van der Waals surface area contributed by atoms with Crippen LogP contribution < -0.4 is 0 Å². The number of pyridine rings is 1. The quantitative estimate of drug-likeness (QED) is 0.569. The molecular weight excluding hydrogens is 318 g/mol. The molecule has 0 saturated carbocycles. The van der Waals surface area contributed by atoms with Crippen molar-refractivity contribution in [2.75, 3.05) is 0 Å². The highest BCUT2D eigenvalue weighted by Gasteiger charge is 2.36. The highest BCUT2D eigenvalue weighted by molar-refractivity contribution is 5.29. The van der Waals surface area contributed by atoms with E-state index < -0.39 is 0 Å². The topological polar surface area (TPSA) is 25.7 Å². The molecule has 2 heteroatoms. The minimum atomic E-state index is 0.226. The lowest BCUT2D eigenvalue weighted by Crippen LogP contribution is -2.25. The van der Waals surface area contributed by atoms with Crippen LogP contribution in [0.25, 0.3) is 0 Å². The summed E-state index contributed by atoms with van der Waals surface area (Å²) in [5.41, 5.74) is 6.64. The molecule has 2 heterocycles. The maximum absolute atomic E-state index is 5.22. The van der Waals surface area contributed by atoms with Gasteiger partial charge in [0.2, 0.25) is 0 Å². The molecule has 3 unspecified atom stereocenters. The second kappa shape index (κ2) is 7.43. The molecule has 2 aromatic carbocycles. The van der Waals surface area contributed by atoms with Gasteiger partial charge in [-0.25, -0.2) is 0 Å². The highest BCUT2D eigenvalue weighted by atomic mass is 16.5. The number of ether oxygens (including phenoxy) is 1. The summed E-state index contributed by atoms with van der Waals surface area (Å²) in [4.78, 5) is 4.17. The van der Waals surface area contributed by atoms with Crippen molar-refractivity contribution in [2.45, 2.75) is 44.8 Å². The molecule has 1 aromatic heterocycles. The van der Waals surface area contributed by atoms with E-state index in [1.807, 2.05) is 12.4 Å². The van der Waals surface area contributed by atoms with Crippen molar-refractivity contribution < 1.29 is 4.74 Å². The summed E-state index contributed by atoms with van der Waals surface area (Å²) in [5, 5.41) is 0. The molecule has 0 bridgehead atoms. The van der Waals surface area contributed by atoms with Gasteiger partial charge in [-0.05, 0) is 37.5 Å². The van der Waals surface area contributed by atoms with Crippen LogP contribution in [0.2, 0.25) is 0 Å². The van der Waals surface area contributed by atoms with Gasteiger partial charge in [0, 0.05) is 36.4 Å². The molecule has 1 saturated heterocycles. The first-order chi connectivity index (χ1) is 12.7. The third-order valence-electron chi connectivity index (χ3n) is 5.48. The first-order valence-corrected chi connectivity index (χ1v) is 9.42. The molecule has 4 rings (SSSR count). The van der Waals surface area contributed by atoms with E-state index in [-0.39, 0.29) is 12.2 Å². The molecule has 1 aliphatic heterocycles. The second-order valence-electron chi connectivity index (χ2n) is 7.45. The number of rotatable bonds is 3. The van der Waals surface area contributed by atoms with E-state index in [4.69, 9.17) is 4.74 Å². The fraction of sp³-hybridized carbons (Fsp3) is 0.292. The van der Waals surface area contributed by atoms with Crippen LogP contribution in [-0.4, -0.2) is 9.72 Å². The largest absolute Gasteiger partial charge is 0.422 e. The van der Waals surface area contributed by atoms with E-state index in [1.165, 1.54) is 27.8 Å². The van der Waals surface area contributed by atoms with Gasteiger partial charge in [-0.1, -0.05) is 59.7 Å². The number of benzene rings is 2. The number of hydrogen-bond donors (Lipinski definition) is 0. The van der Waals surface area contributed by atoms with Crippen LogP contribution in [0.4, 0.5) is 0 Å². The maximum atomic E-state index is 5.22. The van der Waals surface area contributed by atoms with Crippen LogP contribution in [0.5, 0.6) is 0 Å². The Labute approximate surface area is 155 Å². The van der Waals surface area contributed by atoms with E-state index in [2.05, 4.69) is 79.5 Å². The lowest BCUT2D eigenvalue weighted by atomic mass is 9.82. The first kappa shape index (κ1) is 17.0. The third kappa shape index (κ3) is 3.71. The van der Waals surface area contributed by atoms with Crippen molar-refractivity contribution in [1.29, 1.82) is 0 Å². The number of hydrogen-bond acceptors (Lipinski definition) is 1. The Morgan fingerprint density at radius 2 is 1.12 bits per heavy atom. The number of aromatic nitrogens is 1. The lowest BCUT2D eigenvalue weighted by molar-refractivity contribution is -0.199. The molecule has 132 valence electrons. The van der Waals surface area contributed by atoms with E-state index in [0.29, 0.717) is 5.92 Å². The molecule has 3 atom stereocenters. The summed E-state index contributed by atoms with van der Waals surface area (Å²) in [6.07, 6.45) is 6.36. The summed E-state index contributed by atoms with van der Waals surface area (Å²) < 4.78 is 5.22. The standard InChI is InChI=1S/C24H25NO/c1-17-3-7-19(8-4-17)22-15-23(20-9-5-18(2)6-10-20)26-24(16-22)21-11-13-25-14-12-21/h3-14,22-24H,15-16H2,1-2H3/p+1. The second-order valence-corrected chi connectivity index (χ2v) is 7.45. The molecule has 3 aromatic rings. The van der Waals surface area contributed by atoms with Crippen LogP contribution in [0.15, 0.2) is 73.1 Å². The van der Waals surface area contributed by atoms with Crippen LogP contribution in [-0.2, 0) is 0 Å². The van der Waals surface area contributed by atoms with Crippen LogP contribution in [0.3, 0.4) is 0 Å². The van der Waals surface area contributed by atoms with Crippen molar-refractivity contribution in [3.63, 3.8) is 0 Å². The summed E-state index contributed by atoms with van der Waals surface area (Å²) >= 11 is 0. The average molecular weight is 344 g/mol. The predicted octanol–water partition coefficient (Wildman–Crippen LogP) is 5.59. The molecule has 1 N–H and O–H groups in total. The van der Waals surface area contributed by atoms with Crippen molar-refractivity contribution in [1.82, 2.24) is 4.98 Å². The fourth-order valence-electron chi connectivity index (χ4n) is 3.90. The Morgan fingerprint density at radius 3 is 1.65 bits per heavy atom. The van der Waals surface area contributed by atoms with Crippen molar-refractivity contribution in [2.24, 2.45) is 0 Å². The molecule has 1 aliphatic rings. The molecule has 0 spiro atoms. The van der Waals surface area contributed by atoms with Gasteiger partial charge in [0.15, 0.2) is 12.2 Å². The SMILES string of the molecule is Cc1ccc(C2CC(c3ccncc3)[OH+]C(c3ccc(C)cc3)C2)cc1. The van der Waals surface area contributed by atoms with Crippen LogP contribution >= 0.6 is 0 Å². The first-order valence-electron chi connectivity index (χ1n) is 9.42. The van der Waals surface area contributed by atoms with E-state index in [0.717, 1.165) is 12.8 Å². The summed E-state index contributed by atoms with van der Waals surface area (Å²) in [5.74, 6) is 0.526. The Balaban J connectivity index is 1.66. The van der Waals surface area contributed by atoms with Crippen molar-refractivity contribution >= 4 is 0 Å². The Hall–Kier alpha value is -2.45. The average Bonchev–Trinajstić information content (AvgIpc) is 2.69. The number of nitrogens with zero attached hydrogens (tertiary/aromatic N) is 1. The third-order valence-corrected chi connectivity index (χ3v) is 5.48. The Kier molecular flexibility index (Phi) is 4.85. The number of aliphatic hydroxyl groups is 2. The number of aryl methyl sites for hydroxylation is 2. The van der Waals surface area contributed by atoms with Gasteiger partial charge >= 0.3 is 0 Å². The van der Waals surface area contributed by atoms with Gasteiger partial charge in [0.1, 0.15) is 0 Å². The van der Waals surface area contributed by atoms with Gasteiger partial charge < -0.3 is 4.74 Å². The smallest absolute Gasteiger partial charge is 0.182 e. The zero-order valence-corrected chi connectivity index (χ0v) is 15.5. The zero-order valence-electron chi connectivity index (χ0n) is 15.5. The molecular formula is C24H26NO+.